The highest BCUT2D eigenvalue weighted by Gasteiger charge is 2.30. The monoisotopic (exact) mass is 387 g/mol. The van der Waals surface area contributed by atoms with Crippen LogP contribution in [0.5, 0.6) is 5.75 Å². The van der Waals surface area contributed by atoms with Crippen LogP contribution in [0.4, 0.5) is 0 Å². The van der Waals surface area contributed by atoms with Gasteiger partial charge in [-0.2, -0.15) is 0 Å². The third-order valence-electron chi connectivity index (χ3n) is 5.75. The molecule has 1 aliphatic heterocycles. The first-order valence-corrected chi connectivity index (χ1v) is 10.4. The lowest BCUT2D eigenvalue weighted by Crippen LogP contribution is -2.55. The number of hydrogen-bond donors (Lipinski definition) is 1. The van der Waals surface area contributed by atoms with Gasteiger partial charge >= 0.3 is 0 Å². The van der Waals surface area contributed by atoms with Gasteiger partial charge < -0.3 is 15.0 Å². The fourth-order valence-electron chi connectivity index (χ4n) is 3.44. The molecule has 0 bridgehead atoms. The number of aryl methyl sites for hydroxylation is 1. The molecule has 2 aliphatic rings. The topological polar surface area (TPSA) is 61.9 Å². The van der Waals surface area contributed by atoms with Gasteiger partial charge in [-0.1, -0.05) is 26.0 Å². The Hall–Kier alpha value is -2.08. The van der Waals surface area contributed by atoms with E-state index in [-0.39, 0.29) is 24.5 Å². The number of piperazine rings is 1. The second kappa shape index (κ2) is 8.95. The van der Waals surface area contributed by atoms with Crippen molar-refractivity contribution in [1.82, 2.24) is 15.1 Å². The second-order valence-electron chi connectivity index (χ2n) is 8.34. The second-order valence-corrected chi connectivity index (χ2v) is 8.34. The maximum atomic E-state index is 12.6. The van der Waals surface area contributed by atoms with E-state index in [2.05, 4.69) is 30.1 Å². The SMILES string of the molecule is Cc1ccc(C(C)C)cc1OCC(=O)N1CCN(C(C)C(=O)NC2CC2)CC1. The van der Waals surface area contributed by atoms with Crippen molar-refractivity contribution < 1.29 is 14.3 Å². The van der Waals surface area contributed by atoms with Crippen LogP contribution >= 0.6 is 0 Å². The van der Waals surface area contributed by atoms with Gasteiger partial charge in [-0.3, -0.25) is 14.5 Å². The molecule has 1 saturated heterocycles. The molecule has 3 rings (SSSR count). The molecule has 1 atom stereocenters. The molecule has 1 N–H and O–H groups in total. The summed E-state index contributed by atoms with van der Waals surface area (Å²) in [5, 5.41) is 3.06. The Bertz CT molecular complexity index is 707. The van der Waals surface area contributed by atoms with Crippen molar-refractivity contribution in [2.45, 2.75) is 58.5 Å². The normalized spacial score (nSPS) is 18.8. The van der Waals surface area contributed by atoms with Crippen LogP contribution in [0.25, 0.3) is 0 Å². The predicted octanol–water partition coefficient (Wildman–Crippen LogP) is 2.31. The zero-order valence-corrected chi connectivity index (χ0v) is 17.5. The van der Waals surface area contributed by atoms with Crippen molar-refractivity contribution in [3.8, 4) is 5.75 Å². The van der Waals surface area contributed by atoms with Crippen molar-refractivity contribution in [1.29, 1.82) is 0 Å². The number of rotatable bonds is 7. The van der Waals surface area contributed by atoms with Gasteiger partial charge in [0, 0.05) is 32.2 Å². The fourth-order valence-corrected chi connectivity index (χ4v) is 3.44. The Labute approximate surface area is 168 Å². The largest absolute Gasteiger partial charge is 0.483 e. The van der Waals surface area contributed by atoms with E-state index in [0.29, 0.717) is 38.1 Å². The van der Waals surface area contributed by atoms with E-state index in [1.807, 2.05) is 30.9 Å². The number of nitrogens with zero attached hydrogens (tertiary/aromatic N) is 2. The maximum Gasteiger partial charge on any atom is 0.260 e. The Morgan fingerprint density at radius 3 is 2.43 bits per heavy atom. The molecule has 1 aliphatic carbocycles. The van der Waals surface area contributed by atoms with Gasteiger partial charge in [0.25, 0.3) is 5.91 Å². The smallest absolute Gasteiger partial charge is 0.260 e. The molecule has 1 saturated carbocycles. The molecule has 1 aromatic carbocycles. The highest BCUT2D eigenvalue weighted by Crippen LogP contribution is 2.24. The average molecular weight is 388 g/mol. The van der Waals surface area contributed by atoms with Crippen LogP contribution in [0.2, 0.25) is 0 Å². The number of carbonyl (C=O) groups is 2. The average Bonchev–Trinajstić information content (AvgIpc) is 3.50. The van der Waals surface area contributed by atoms with Crippen LogP contribution in [0.1, 0.15) is 50.7 Å². The number of carbonyl (C=O) groups excluding carboxylic acids is 2. The van der Waals surface area contributed by atoms with Crippen LogP contribution in [0, 0.1) is 6.92 Å². The summed E-state index contributed by atoms with van der Waals surface area (Å²) in [5.41, 5.74) is 2.25. The molecule has 0 spiro atoms. The third-order valence-corrected chi connectivity index (χ3v) is 5.75. The first-order valence-electron chi connectivity index (χ1n) is 10.4. The lowest BCUT2D eigenvalue weighted by molar-refractivity contribution is -0.136. The Morgan fingerprint density at radius 1 is 1.14 bits per heavy atom. The van der Waals surface area contributed by atoms with Gasteiger partial charge in [0.1, 0.15) is 5.75 Å². The Morgan fingerprint density at radius 2 is 1.82 bits per heavy atom. The van der Waals surface area contributed by atoms with E-state index >= 15 is 0 Å². The minimum Gasteiger partial charge on any atom is -0.483 e. The van der Waals surface area contributed by atoms with E-state index in [0.717, 1.165) is 24.2 Å². The highest BCUT2D eigenvalue weighted by atomic mass is 16.5. The lowest BCUT2D eigenvalue weighted by atomic mass is 10.0. The summed E-state index contributed by atoms with van der Waals surface area (Å²) in [4.78, 5) is 28.8. The molecule has 2 amide bonds. The molecule has 1 aromatic rings. The summed E-state index contributed by atoms with van der Waals surface area (Å²) < 4.78 is 5.84. The van der Waals surface area contributed by atoms with E-state index in [4.69, 9.17) is 4.74 Å². The molecule has 2 fully saturated rings. The van der Waals surface area contributed by atoms with Gasteiger partial charge in [-0.25, -0.2) is 0 Å². The van der Waals surface area contributed by atoms with Crippen LogP contribution < -0.4 is 10.1 Å². The zero-order valence-electron chi connectivity index (χ0n) is 17.5. The minimum atomic E-state index is -0.143. The van der Waals surface area contributed by atoms with Crippen molar-refractivity contribution in [3.63, 3.8) is 0 Å². The Balaban J connectivity index is 1.46. The predicted molar refractivity (Wildman–Crippen MR) is 110 cm³/mol. The molecule has 0 radical (unpaired) electrons. The van der Waals surface area contributed by atoms with Crippen LogP contribution in [-0.4, -0.2) is 66.5 Å². The first-order chi connectivity index (χ1) is 13.3. The number of benzene rings is 1. The highest BCUT2D eigenvalue weighted by molar-refractivity contribution is 5.82. The molecule has 1 unspecified atom stereocenters. The van der Waals surface area contributed by atoms with Gasteiger partial charge in [0.05, 0.1) is 6.04 Å². The summed E-state index contributed by atoms with van der Waals surface area (Å²) >= 11 is 0. The molecular weight excluding hydrogens is 354 g/mol. The Kier molecular flexibility index (Phi) is 6.60. The van der Waals surface area contributed by atoms with Gasteiger partial charge in [-0.15, -0.1) is 0 Å². The molecule has 0 aromatic heterocycles. The number of hydrogen-bond acceptors (Lipinski definition) is 4. The summed E-state index contributed by atoms with van der Waals surface area (Å²) in [6, 6.07) is 6.42. The van der Waals surface area contributed by atoms with Crippen LogP contribution in [0.3, 0.4) is 0 Å². The van der Waals surface area contributed by atoms with Crippen LogP contribution in [-0.2, 0) is 9.59 Å². The minimum absolute atomic E-state index is 0.00378. The molecule has 6 heteroatoms. The van der Waals surface area contributed by atoms with Crippen molar-refractivity contribution in [2.75, 3.05) is 32.8 Å². The zero-order chi connectivity index (χ0) is 20.3. The molecule has 6 nitrogen and oxygen atoms in total. The van der Waals surface area contributed by atoms with Crippen molar-refractivity contribution in [3.05, 3.63) is 29.3 Å². The summed E-state index contributed by atoms with van der Waals surface area (Å²) in [6.07, 6.45) is 2.20. The van der Waals surface area contributed by atoms with Gasteiger partial charge in [-0.05, 0) is 49.8 Å². The quantitative estimate of drug-likeness (QED) is 0.780. The van der Waals surface area contributed by atoms with Crippen molar-refractivity contribution in [2.24, 2.45) is 0 Å². The first kappa shape index (κ1) is 20.6. The number of amides is 2. The molecular formula is C22H33N3O3. The molecule has 1 heterocycles. The standard InChI is InChI=1S/C22H33N3O3/c1-15(2)18-6-5-16(3)20(13-18)28-14-21(26)25-11-9-24(10-12-25)17(4)22(27)23-19-7-8-19/h5-6,13,15,17,19H,7-12,14H2,1-4H3,(H,23,27). The molecule has 154 valence electrons. The van der Waals surface area contributed by atoms with Gasteiger partial charge in [0.15, 0.2) is 6.61 Å². The summed E-state index contributed by atoms with van der Waals surface area (Å²) in [5.74, 6) is 1.31. The maximum absolute atomic E-state index is 12.6. The van der Waals surface area contributed by atoms with Crippen LogP contribution in [0.15, 0.2) is 18.2 Å². The van der Waals surface area contributed by atoms with E-state index in [9.17, 15) is 9.59 Å². The summed E-state index contributed by atoms with van der Waals surface area (Å²) in [6.45, 7) is 11.0. The number of nitrogens with one attached hydrogen (secondary N) is 1. The number of ether oxygens (including phenoxy) is 1. The third kappa shape index (κ3) is 5.25. The van der Waals surface area contributed by atoms with E-state index in [1.165, 1.54) is 5.56 Å². The van der Waals surface area contributed by atoms with Gasteiger partial charge in [0.2, 0.25) is 5.91 Å². The molecule has 28 heavy (non-hydrogen) atoms. The van der Waals surface area contributed by atoms with E-state index in [1.54, 1.807) is 0 Å². The fraction of sp³-hybridized carbons (Fsp3) is 0.636. The van der Waals surface area contributed by atoms with Crippen molar-refractivity contribution >= 4 is 11.8 Å². The summed E-state index contributed by atoms with van der Waals surface area (Å²) in [7, 11) is 0. The van der Waals surface area contributed by atoms with E-state index < -0.39 is 0 Å². The lowest BCUT2D eigenvalue weighted by Gasteiger charge is -2.37.